The Labute approximate surface area is 668 Å². The van der Waals surface area contributed by atoms with Crippen molar-refractivity contribution in [2.24, 2.45) is 49.3 Å². The summed E-state index contributed by atoms with van der Waals surface area (Å²) in [5, 5.41) is 8.50. The molecule has 0 aliphatic rings. The molecular formula is C68H120Br2Cl4N15O12S3-. The van der Waals surface area contributed by atoms with Crippen LogP contribution < -0.4 is 120 Å². The molecule has 0 saturated carbocycles. The van der Waals surface area contributed by atoms with Crippen molar-refractivity contribution in [1.29, 1.82) is 0 Å². The van der Waals surface area contributed by atoms with Gasteiger partial charge in [0.1, 0.15) is 110 Å². The average molecular weight is 1740 g/mol. The highest BCUT2D eigenvalue weighted by Crippen LogP contribution is 2.08. The maximum absolute atomic E-state index is 10.4. The van der Waals surface area contributed by atoms with Gasteiger partial charge in [-0.3, -0.25) is 8.37 Å². The van der Waals surface area contributed by atoms with Crippen LogP contribution in [0.15, 0.2) is 191 Å². The van der Waals surface area contributed by atoms with E-state index < -0.39 is 30.9 Å². The lowest BCUT2D eigenvalue weighted by Gasteiger charge is -2.05. The molecule has 8 aromatic heterocycles. The molecule has 8 heterocycles. The third kappa shape index (κ3) is 67.2. The predicted molar refractivity (Wildman–Crippen MR) is 371 cm³/mol. The molecule has 9 rings (SSSR count). The number of aromatic nitrogens is 15. The van der Waals surface area contributed by atoms with Gasteiger partial charge in [-0.25, -0.2) is 93.8 Å². The Morgan fingerprint density at radius 2 is 0.635 bits per heavy atom. The molecule has 36 heteroatoms. The topological polar surface area (TPSA) is 276 Å². The van der Waals surface area contributed by atoms with Gasteiger partial charge in [0, 0.05) is 18.6 Å². The van der Waals surface area contributed by atoms with Gasteiger partial charge in [-0.1, -0.05) is 83.6 Å². The average Bonchev–Trinajstić information content (AvgIpc) is 1.79. The fraction of sp³-hybridized carbons (Fsp3) is 0.529. The van der Waals surface area contributed by atoms with E-state index in [2.05, 4.69) is 228 Å². The number of unbranched alkanes of at least 4 members (excludes halogenated alkanes) is 6. The van der Waals surface area contributed by atoms with Crippen LogP contribution in [-0.4, -0.2) is 96.8 Å². The van der Waals surface area contributed by atoms with Crippen LogP contribution in [0.1, 0.15) is 118 Å². The number of hydrogen-bond acceptors (Lipinski definition) is 12. The number of benzene rings is 1. The van der Waals surface area contributed by atoms with Gasteiger partial charge in [0.2, 0.25) is 65.1 Å². The van der Waals surface area contributed by atoms with Crippen LogP contribution in [0.3, 0.4) is 0 Å². The molecule has 0 aliphatic heterocycles. The first-order chi connectivity index (χ1) is 46.3. The van der Waals surface area contributed by atoms with Gasteiger partial charge in [-0.2, -0.15) is 0 Å². The molecule has 0 unspecified atom stereocenters. The minimum atomic E-state index is -4.41. The van der Waals surface area contributed by atoms with Gasteiger partial charge in [0.05, 0.1) is 114 Å². The highest BCUT2D eigenvalue weighted by Gasteiger charge is 2.02. The second-order valence-electron chi connectivity index (χ2n) is 22.4. The Hall–Kier alpha value is -5.43. The fourth-order valence-corrected chi connectivity index (χ4v) is 8.22. The molecule has 9 aromatic rings. The normalized spacial score (nSPS) is 9.78. The van der Waals surface area contributed by atoms with E-state index in [-0.39, 0.29) is 95.1 Å². The molecule has 0 bridgehead atoms. The number of imidazole rings is 7. The highest BCUT2D eigenvalue weighted by molar-refractivity contribution is 7.85. The number of hydrogen-bond donors (Lipinski definition) is 1. The van der Waals surface area contributed by atoms with Gasteiger partial charge < -0.3 is 102 Å². The number of nitrogens with zero attached hydrogens (tertiary/aromatic N) is 15. The molecule has 27 nitrogen and oxygen atoms in total. The Balaban J connectivity index is -0.000000162. The summed E-state index contributed by atoms with van der Waals surface area (Å²) in [7, 11) is 2.68. The van der Waals surface area contributed by atoms with E-state index in [1.165, 1.54) is 82.9 Å². The maximum Gasteiger partial charge on any atom is 0.243 e. The van der Waals surface area contributed by atoms with Gasteiger partial charge in [0.25, 0.3) is 0 Å². The predicted octanol–water partition coefficient (Wildman–Crippen LogP) is -12.7. The standard InChI is InChI=1S/C10H19N2.C9H14N.2C8H15N2.C7H8O3S.C6H11N2O.3C6H11N2.2CH4O4S.2BrH.4ClH/c1-3-4-5-6-7-12-9-8-11(2)10-12;1-2-3-7-10-8-5-4-6-9-10;2*1-3-4-5-10-7-6-9(2)8-10;1-6-2-4-7(5-3-6)11(8,9)10;1-7-2-3-8(6-7)4-5-9;3*1-3-8-5-4-7(2)6-8;2*1-5-6(2,3)4;;;;;;/h8-10H,3-7H2,1-2H3;4-6,8-9H,2-3,7H2,1H3;2*6-8H,3-5H2,1-2H3;2-5H,1H3,(H,8,9,10);2-3,6,9H,4-5H2,1H3;3*4-6H,3H2,1-2H3;2*1H3,(H,2,3,4);6*1H/q4*+1;;4*+1;;;;;;;;/p-9. The van der Waals surface area contributed by atoms with Crippen LogP contribution in [0.25, 0.3) is 0 Å². The molecular weight excluding hydrogens is 1620 g/mol. The smallest absolute Gasteiger partial charge is 0.243 e. The van der Waals surface area contributed by atoms with Gasteiger partial charge >= 0.3 is 0 Å². The number of aryl methyl sites for hydroxylation is 15. The van der Waals surface area contributed by atoms with E-state index in [1.54, 1.807) is 12.1 Å². The number of rotatable bonds is 22. The van der Waals surface area contributed by atoms with E-state index in [0.29, 0.717) is 6.54 Å². The van der Waals surface area contributed by atoms with Gasteiger partial charge in [0.15, 0.2) is 12.4 Å². The third-order valence-electron chi connectivity index (χ3n) is 13.3. The van der Waals surface area contributed by atoms with Crippen molar-refractivity contribution in [3.63, 3.8) is 0 Å². The van der Waals surface area contributed by atoms with Crippen molar-refractivity contribution in [2.45, 2.75) is 177 Å². The van der Waals surface area contributed by atoms with E-state index in [0.717, 1.165) is 59.1 Å². The quantitative estimate of drug-likeness (QED) is 0.0287. The van der Waals surface area contributed by atoms with Crippen molar-refractivity contribution < 1.29 is 173 Å². The van der Waals surface area contributed by atoms with E-state index in [9.17, 15) is 38.9 Å². The first-order valence-corrected chi connectivity index (χ1v) is 37.1. The monoisotopic (exact) mass is 1730 g/mol. The number of pyridine rings is 1. The summed E-state index contributed by atoms with van der Waals surface area (Å²) < 4.78 is 125. The zero-order chi connectivity index (χ0) is 74.4. The third-order valence-corrected chi connectivity index (χ3v) is 15.0. The summed E-state index contributed by atoms with van der Waals surface area (Å²) >= 11 is 0. The van der Waals surface area contributed by atoms with E-state index >= 15 is 0 Å². The summed E-state index contributed by atoms with van der Waals surface area (Å²) in [6.07, 6.45) is 60.3. The minimum absolute atomic E-state index is 0. The SMILES string of the molecule is CCCCCCn1cc[n+](C)c1.CCCC[n+]1ccccc1.CCCCn1cc[n+](C)c1.CCCCn1cc[n+](C)c1.CCn1cc[n+](C)c1.CCn1cc[n+](C)c1.CCn1cc[n+](C)c1.COS(=O)(=O)[O-].COS(=O)(=O)[O-].C[n+]1ccn(CCO)c1.Cc1ccc(S(=O)(=O)[O-])cc1.[Br-].[Br-].[Cl-].[Cl-].[Cl-].[Cl-]. The highest BCUT2D eigenvalue weighted by atomic mass is 79.9. The lowest BCUT2D eigenvalue weighted by Crippen LogP contribution is -3.00. The largest absolute Gasteiger partial charge is 1.00 e. The summed E-state index contributed by atoms with van der Waals surface area (Å²) in [4.78, 5) is -0.178. The molecule has 1 N–H and O–H groups in total. The zero-order valence-electron chi connectivity index (χ0n) is 63.9. The molecule has 0 radical (unpaired) electrons. The van der Waals surface area contributed by atoms with Crippen LogP contribution in [0.4, 0.5) is 0 Å². The maximum atomic E-state index is 10.4. The molecule has 0 aliphatic carbocycles. The second kappa shape index (κ2) is 69.3. The summed E-state index contributed by atoms with van der Waals surface area (Å²) in [5.74, 6) is 0. The molecule has 0 saturated heterocycles. The first kappa shape index (κ1) is 114. The fourth-order valence-electron chi connectivity index (χ4n) is 7.75. The number of aliphatic hydroxyl groups is 1. The summed E-state index contributed by atoms with van der Waals surface area (Å²) in [6, 6.07) is 12.0. The number of aliphatic hydroxyl groups excluding tert-OH is 1. The van der Waals surface area contributed by atoms with Crippen LogP contribution >= 0.6 is 0 Å². The van der Waals surface area contributed by atoms with Crippen molar-refractivity contribution in [3.8, 4) is 0 Å². The Morgan fingerprint density at radius 1 is 0.375 bits per heavy atom. The molecule has 0 atom stereocenters. The van der Waals surface area contributed by atoms with Crippen molar-refractivity contribution >= 4 is 30.9 Å². The Bertz CT molecular complexity index is 3560. The Kier molecular flexibility index (Phi) is 76.2. The van der Waals surface area contributed by atoms with E-state index in [1.807, 2.05) is 115 Å². The summed E-state index contributed by atoms with van der Waals surface area (Å²) in [5.41, 5.74) is 0.928. The van der Waals surface area contributed by atoms with Crippen molar-refractivity contribution in [1.82, 2.24) is 32.0 Å². The van der Waals surface area contributed by atoms with Gasteiger partial charge in [-0.05, 0) is 65.5 Å². The molecule has 600 valence electrons. The molecule has 0 amide bonds. The molecule has 1 aromatic carbocycles. The van der Waals surface area contributed by atoms with Crippen molar-refractivity contribution in [3.05, 3.63) is 191 Å². The first-order valence-electron chi connectivity index (χ1n) is 33.0. The lowest BCUT2D eigenvalue weighted by molar-refractivity contribution is -0.697. The van der Waals surface area contributed by atoms with Gasteiger partial charge in [-0.15, -0.1) is 0 Å². The van der Waals surface area contributed by atoms with Crippen LogP contribution in [0.5, 0.6) is 0 Å². The molecule has 0 fully saturated rings. The summed E-state index contributed by atoms with van der Waals surface area (Å²) in [6.45, 7) is 25.7. The lowest BCUT2D eigenvalue weighted by atomic mass is 10.2. The molecule has 104 heavy (non-hydrogen) atoms. The minimum Gasteiger partial charge on any atom is -1.00 e. The molecule has 0 spiro atoms. The Morgan fingerprint density at radius 3 is 0.846 bits per heavy atom. The zero-order valence-corrected chi connectivity index (χ0v) is 72.5. The van der Waals surface area contributed by atoms with Crippen molar-refractivity contribution in [2.75, 3.05) is 20.8 Å². The van der Waals surface area contributed by atoms with E-state index in [4.69, 9.17) is 5.11 Å². The number of halogens is 6. The van der Waals surface area contributed by atoms with Crippen LogP contribution in [0, 0.1) is 6.92 Å². The van der Waals surface area contributed by atoms with Crippen LogP contribution in [-0.2, 0) is 141 Å². The van der Waals surface area contributed by atoms with Crippen LogP contribution in [0.2, 0.25) is 0 Å². The second-order valence-corrected chi connectivity index (χ2v) is 26.1.